The molecule has 50 heavy (non-hydrogen) atoms. The number of benzene rings is 9. The summed E-state index contributed by atoms with van der Waals surface area (Å²) in [7, 11) is 0. The van der Waals surface area contributed by atoms with Crippen molar-refractivity contribution < 1.29 is 4.42 Å². The van der Waals surface area contributed by atoms with Gasteiger partial charge in [0.25, 0.3) is 0 Å². The monoisotopic (exact) mass is 637 g/mol. The van der Waals surface area contributed by atoms with Gasteiger partial charge in [0, 0.05) is 27.8 Å². The molecule has 0 aliphatic heterocycles. The molecule has 10 rings (SSSR count). The summed E-state index contributed by atoms with van der Waals surface area (Å²) in [5, 5.41) is 9.73. The van der Waals surface area contributed by atoms with Crippen molar-refractivity contribution in [3.8, 4) is 22.3 Å². The minimum atomic E-state index is 0.924. The SMILES string of the molecule is c1ccc(-c2cccc(N(c3ccc(-c4ccc5c(ccc6oc7ccccc7c65)c4)cc3)c3ccc4ccc5ccccc5c4c3)c2)cc1. The van der Waals surface area contributed by atoms with Crippen molar-refractivity contribution in [2.75, 3.05) is 4.90 Å². The Morgan fingerprint density at radius 3 is 1.80 bits per heavy atom. The molecule has 0 atom stereocenters. The van der Waals surface area contributed by atoms with Crippen LogP contribution in [0.4, 0.5) is 17.1 Å². The quantitative estimate of drug-likeness (QED) is 0.175. The summed E-state index contributed by atoms with van der Waals surface area (Å²) in [5.74, 6) is 0. The van der Waals surface area contributed by atoms with Crippen LogP contribution in [0, 0.1) is 0 Å². The summed E-state index contributed by atoms with van der Waals surface area (Å²) >= 11 is 0. The second-order valence-corrected chi connectivity index (χ2v) is 13.0. The number of hydrogen-bond donors (Lipinski definition) is 0. The van der Waals surface area contributed by atoms with Crippen molar-refractivity contribution in [3.05, 3.63) is 188 Å². The maximum absolute atomic E-state index is 6.16. The van der Waals surface area contributed by atoms with E-state index in [1.165, 1.54) is 60.0 Å². The van der Waals surface area contributed by atoms with E-state index in [1.807, 2.05) is 12.1 Å². The molecule has 0 aliphatic carbocycles. The number of furan rings is 1. The van der Waals surface area contributed by atoms with E-state index in [2.05, 4.69) is 181 Å². The van der Waals surface area contributed by atoms with Crippen LogP contribution in [-0.2, 0) is 0 Å². The van der Waals surface area contributed by atoms with Crippen LogP contribution in [0.1, 0.15) is 0 Å². The van der Waals surface area contributed by atoms with Crippen LogP contribution in [0.3, 0.4) is 0 Å². The van der Waals surface area contributed by atoms with Gasteiger partial charge in [-0.25, -0.2) is 0 Å². The minimum absolute atomic E-state index is 0.924. The third kappa shape index (κ3) is 4.73. The van der Waals surface area contributed by atoms with Gasteiger partial charge in [0.15, 0.2) is 0 Å². The largest absolute Gasteiger partial charge is 0.456 e. The Morgan fingerprint density at radius 1 is 0.300 bits per heavy atom. The molecule has 1 heterocycles. The molecule has 0 aliphatic rings. The van der Waals surface area contributed by atoms with Crippen molar-refractivity contribution in [3.63, 3.8) is 0 Å². The van der Waals surface area contributed by atoms with E-state index < -0.39 is 0 Å². The van der Waals surface area contributed by atoms with Gasteiger partial charge in [-0.2, -0.15) is 0 Å². The molecule has 10 aromatic rings. The van der Waals surface area contributed by atoms with Crippen molar-refractivity contribution in [2.24, 2.45) is 0 Å². The normalized spacial score (nSPS) is 11.6. The molecule has 0 amide bonds. The van der Waals surface area contributed by atoms with Gasteiger partial charge in [-0.3, -0.25) is 0 Å². The van der Waals surface area contributed by atoms with E-state index >= 15 is 0 Å². The molecule has 1 aromatic heterocycles. The van der Waals surface area contributed by atoms with E-state index in [0.717, 1.165) is 33.6 Å². The predicted octanol–water partition coefficient (Wildman–Crippen LogP) is 13.8. The molecule has 234 valence electrons. The van der Waals surface area contributed by atoms with Gasteiger partial charge in [-0.05, 0) is 109 Å². The lowest BCUT2D eigenvalue weighted by Crippen LogP contribution is -2.10. The maximum atomic E-state index is 6.16. The first-order valence-corrected chi connectivity index (χ1v) is 17.1. The Morgan fingerprint density at radius 2 is 0.920 bits per heavy atom. The van der Waals surface area contributed by atoms with Gasteiger partial charge in [0.2, 0.25) is 0 Å². The fraction of sp³-hybridized carbons (Fsp3) is 0. The summed E-state index contributed by atoms with van der Waals surface area (Å²) in [5.41, 5.74) is 9.93. The average molecular weight is 638 g/mol. The van der Waals surface area contributed by atoms with Crippen LogP contribution >= 0.6 is 0 Å². The van der Waals surface area contributed by atoms with E-state index in [0.29, 0.717) is 0 Å². The highest BCUT2D eigenvalue weighted by Gasteiger charge is 2.16. The zero-order chi connectivity index (χ0) is 33.0. The van der Waals surface area contributed by atoms with Gasteiger partial charge in [-0.1, -0.05) is 133 Å². The molecule has 2 nitrogen and oxygen atoms in total. The topological polar surface area (TPSA) is 16.4 Å². The molecule has 9 aromatic carbocycles. The van der Waals surface area contributed by atoms with E-state index in [1.54, 1.807) is 0 Å². The molecule has 0 bridgehead atoms. The smallest absolute Gasteiger partial charge is 0.136 e. The molecule has 0 saturated carbocycles. The van der Waals surface area contributed by atoms with Gasteiger partial charge in [-0.15, -0.1) is 0 Å². The summed E-state index contributed by atoms with van der Waals surface area (Å²) in [6.07, 6.45) is 0. The van der Waals surface area contributed by atoms with Crippen molar-refractivity contribution in [1.29, 1.82) is 0 Å². The summed E-state index contributed by atoms with van der Waals surface area (Å²) < 4.78 is 6.16. The lowest BCUT2D eigenvalue weighted by atomic mass is 9.98. The first-order valence-electron chi connectivity index (χ1n) is 17.1. The lowest BCUT2D eigenvalue weighted by molar-refractivity contribution is 0.669. The molecule has 0 saturated heterocycles. The number of rotatable bonds is 5. The molecule has 0 N–H and O–H groups in total. The summed E-state index contributed by atoms with van der Waals surface area (Å²) in [6.45, 7) is 0. The van der Waals surface area contributed by atoms with Crippen LogP contribution in [0.25, 0.3) is 76.5 Å². The Balaban J connectivity index is 1.09. The molecule has 2 heteroatoms. The zero-order valence-corrected chi connectivity index (χ0v) is 27.3. The average Bonchev–Trinajstić information content (AvgIpc) is 3.58. The molecule has 0 spiro atoms. The Bertz CT molecular complexity index is 2870. The van der Waals surface area contributed by atoms with E-state index in [4.69, 9.17) is 4.42 Å². The number of anilines is 3. The Kier molecular flexibility index (Phi) is 6.53. The fourth-order valence-corrected chi connectivity index (χ4v) is 7.57. The first-order chi connectivity index (χ1) is 24.8. The zero-order valence-electron chi connectivity index (χ0n) is 27.3. The first kappa shape index (κ1) is 28.4. The molecule has 0 radical (unpaired) electrons. The summed E-state index contributed by atoms with van der Waals surface area (Å²) in [6, 6.07) is 67.6. The van der Waals surface area contributed by atoms with Crippen LogP contribution in [-0.4, -0.2) is 0 Å². The number of fused-ring (bicyclic) bond motifs is 8. The van der Waals surface area contributed by atoms with Gasteiger partial charge in [0.05, 0.1) is 0 Å². The van der Waals surface area contributed by atoms with Crippen molar-refractivity contribution in [2.45, 2.75) is 0 Å². The van der Waals surface area contributed by atoms with Gasteiger partial charge < -0.3 is 9.32 Å². The van der Waals surface area contributed by atoms with E-state index in [9.17, 15) is 0 Å². The highest BCUT2D eigenvalue weighted by Crippen LogP contribution is 2.41. The lowest BCUT2D eigenvalue weighted by Gasteiger charge is -2.27. The Hall–Kier alpha value is -6.64. The number of hydrogen-bond acceptors (Lipinski definition) is 2. The fourth-order valence-electron chi connectivity index (χ4n) is 7.57. The predicted molar refractivity (Wildman–Crippen MR) is 212 cm³/mol. The van der Waals surface area contributed by atoms with Crippen LogP contribution < -0.4 is 4.90 Å². The Labute approximate surface area is 290 Å². The second-order valence-electron chi connectivity index (χ2n) is 13.0. The third-order valence-corrected chi connectivity index (χ3v) is 10.0. The standard InChI is InChI=1S/C48H31NO/c1-2-9-32(10-3-1)36-12-8-13-40(30-36)49(41-26-21-35-18-17-34-11-4-5-14-42(34)45(35)31-41)39-24-19-33(20-25-39)37-22-27-43-38(29-37)23-28-47-48(43)44-15-6-7-16-46(44)50-47/h1-31H. The second kappa shape index (κ2) is 11.5. The van der Waals surface area contributed by atoms with Crippen LogP contribution in [0.2, 0.25) is 0 Å². The highest BCUT2D eigenvalue weighted by molar-refractivity contribution is 6.19. The van der Waals surface area contributed by atoms with Gasteiger partial charge in [0.1, 0.15) is 11.2 Å². The summed E-state index contributed by atoms with van der Waals surface area (Å²) in [4.78, 5) is 2.37. The van der Waals surface area contributed by atoms with Crippen molar-refractivity contribution >= 4 is 71.3 Å². The highest BCUT2D eigenvalue weighted by atomic mass is 16.3. The number of nitrogens with zero attached hydrogens (tertiary/aromatic N) is 1. The molecular formula is C48H31NO. The minimum Gasteiger partial charge on any atom is -0.456 e. The number of para-hydroxylation sites is 1. The molecule has 0 fully saturated rings. The third-order valence-electron chi connectivity index (χ3n) is 10.0. The molecular weight excluding hydrogens is 607 g/mol. The van der Waals surface area contributed by atoms with Crippen LogP contribution in [0.5, 0.6) is 0 Å². The maximum Gasteiger partial charge on any atom is 0.136 e. The van der Waals surface area contributed by atoms with Crippen LogP contribution in [0.15, 0.2) is 192 Å². The van der Waals surface area contributed by atoms with Crippen molar-refractivity contribution in [1.82, 2.24) is 0 Å². The van der Waals surface area contributed by atoms with Gasteiger partial charge >= 0.3 is 0 Å². The van der Waals surface area contributed by atoms with E-state index in [-0.39, 0.29) is 0 Å². The molecule has 0 unspecified atom stereocenters.